The maximum Gasteiger partial charge on any atom is 0.122 e. The summed E-state index contributed by atoms with van der Waals surface area (Å²) < 4.78 is 5.38. The van der Waals surface area contributed by atoms with E-state index in [9.17, 15) is 5.11 Å². The largest absolute Gasteiger partial charge is 0.496 e. The molecule has 0 amide bonds. The quantitative estimate of drug-likeness (QED) is 0.793. The third-order valence-corrected chi connectivity index (χ3v) is 3.60. The lowest BCUT2D eigenvalue weighted by atomic mass is 9.96. The standard InChI is InChI=1S/C16H27NO2/c1-11(2)13(10-18)9-17-14-6-7-16(19-5)15(8-14)12(3)4/h6-8,11-13,17-18H,9-10H2,1-5H3. The van der Waals surface area contributed by atoms with E-state index in [-0.39, 0.29) is 12.5 Å². The fraction of sp³-hybridized carbons (Fsp3) is 0.625. The summed E-state index contributed by atoms with van der Waals surface area (Å²) in [7, 11) is 1.70. The van der Waals surface area contributed by atoms with E-state index in [1.807, 2.05) is 12.1 Å². The molecule has 0 aliphatic heterocycles. The molecule has 108 valence electrons. The molecular weight excluding hydrogens is 238 g/mol. The second kappa shape index (κ2) is 7.39. The lowest BCUT2D eigenvalue weighted by Crippen LogP contribution is -2.23. The Morgan fingerprint density at radius 1 is 1.21 bits per heavy atom. The first-order chi connectivity index (χ1) is 8.99. The molecular formula is C16H27NO2. The van der Waals surface area contributed by atoms with Crippen molar-refractivity contribution in [1.82, 2.24) is 0 Å². The van der Waals surface area contributed by atoms with Crippen LogP contribution >= 0.6 is 0 Å². The van der Waals surface area contributed by atoms with Gasteiger partial charge in [-0.3, -0.25) is 0 Å². The van der Waals surface area contributed by atoms with Crippen molar-refractivity contribution >= 4 is 5.69 Å². The van der Waals surface area contributed by atoms with E-state index in [2.05, 4.69) is 39.1 Å². The van der Waals surface area contributed by atoms with Crippen molar-refractivity contribution in [2.24, 2.45) is 11.8 Å². The Labute approximate surface area is 117 Å². The fourth-order valence-corrected chi connectivity index (χ4v) is 2.06. The highest BCUT2D eigenvalue weighted by atomic mass is 16.5. The van der Waals surface area contributed by atoms with Crippen molar-refractivity contribution in [1.29, 1.82) is 0 Å². The predicted octanol–water partition coefficient (Wildman–Crippen LogP) is 3.50. The predicted molar refractivity (Wildman–Crippen MR) is 81.0 cm³/mol. The molecule has 1 rings (SSSR count). The zero-order valence-corrected chi connectivity index (χ0v) is 12.7. The van der Waals surface area contributed by atoms with Crippen LogP contribution in [-0.2, 0) is 0 Å². The molecule has 0 saturated carbocycles. The Kier molecular flexibility index (Phi) is 6.16. The van der Waals surface area contributed by atoms with Crippen molar-refractivity contribution in [2.75, 3.05) is 25.6 Å². The molecule has 0 radical (unpaired) electrons. The van der Waals surface area contributed by atoms with E-state index in [1.54, 1.807) is 7.11 Å². The van der Waals surface area contributed by atoms with E-state index in [4.69, 9.17) is 4.74 Å². The van der Waals surface area contributed by atoms with Crippen molar-refractivity contribution in [2.45, 2.75) is 33.6 Å². The van der Waals surface area contributed by atoms with E-state index in [1.165, 1.54) is 5.56 Å². The van der Waals surface area contributed by atoms with Crippen molar-refractivity contribution in [3.63, 3.8) is 0 Å². The van der Waals surface area contributed by atoms with Crippen LogP contribution in [0.5, 0.6) is 5.75 Å². The first-order valence-electron chi connectivity index (χ1n) is 7.02. The molecule has 1 atom stereocenters. The smallest absolute Gasteiger partial charge is 0.122 e. The normalized spacial score (nSPS) is 12.8. The number of hydrogen-bond acceptors (Lipinski definition) is 3. The second-order valence-electron chi connectivity index (χ2n) is 5.68. The monoisotopic (exact) mass is 265 g/mol. The number of aliphatic hydroxyl groups excluding tert-OH is 1. The second-order valence-corrected chi connectivity index (χ2v) is 5.68. The third-order valence-electron chi connectivity index (χ3n) is 3.60. The number of anilines is 1. The van der Waals surface area contributed by atoms with Gasteiger partial charge in [-0.25, -0.2) is 0 Å². The van der Waals surface area contributed by atoms with Crippen molar-refractivity contribution in [3.8, 4) is 5.75 Å². The van der Waals surface area contributed by atoms with Gasteiger partial charge < -0.3 is 15.2 Å². The summed E-state index contributed by atoms with van der Waals surface area (Å²) in [4.78, 5) is 0. The lowest BCUT2D eigenvalue weighted by molar-refractivity contribution is 0.198. The van der Waals surface area contributed by atoms with Gasteiger partial charge in [0.15, 0.2) is 0 Å². The van der Waals surface area contributed by atoms with Crippen LogP contribution in [0.3, 0.4) is 0 Å². The number of ether oxygens (including phenoxy) is 1. The molecule has 0 saturated heterocycles. The molecule has 0 spiro atoms. The summed E-state index contributed by atoms with van der Waals surface area (Å²) in [6.07, 6.45) is 0. The fourth-order valence-electron chi connectivity index (χ4n) is 2.06. The number of nitrogens with one attached hydrogen (secondary N) is 1. The summed E-state index contributed by atoms with van der Waals surface area (Å²) in [5.74, 6) is 2.11. The maximum atomic E-state index is 9.34. The Bertz CT molecular complexity index is 388. The summed E-state index contributed by atoms with van der Waals surface area (Å²) >= 11 is 0. The zero-order chi connectivity index (χ0) is 14.4. The molecule has 1 aromatic rings. The van der Waals surface area contributed by atoms with Crippen LogP contribution in [0, 0.1) is 11.8 Å². The zero-order valence-electron chi connectivity index (χ0n) is 12.7. The summed E-state index contributed by atoms with van der Waals surface area (Å²) in [6.45, 7) is 9.60. The minimum atomic E-state index is 0.220. The van der Waals surface area contributed by atoms with Crippen LogP contribution in [0.2, 0.25) is 0 Å². The van der Waals surface area contributed by atoms with Gasteiger partial charge in [-0.2, -0.15) is 0 Å². The van der Waals surface area contributed by atoms with Gasteiger partial charge in [0.05, 0.1) is 7.11 Å². The molecule has 0 aliphatic carbocycles. The van der Waals surface area contributed by atoms with E-state index >= 15 is 0 Å². The van der Waals surface area contributed by atoms with E-state index < -0.39 is 0 Å². The van der Waals surface area contributed by atoms with Crippen molar-refractivity contribution < 1.29 is 9.84 Å². The van der Waals surface area contributed by atoms with Gasteiger partial charge in [-0.05, 0) is 35.6 Å². The SMILES string of the molecule is COc1ccc(NCC(CO)C(C)C)cc1C(C)C. The molecule has 0 aliphatic rings. The average Bonchev–Trinajstić information content (AvgIpc) is 2.38. The van der Waals surface area contributed by atoms with Crippen molar-refractivity contribution in [3.05, 3.63) is 23.8 Å². The van der Waals surface area contributed by atoms with Crippen LogP contribution in [-0.4, -0.2) is 25.4 Å². The van der Waals surface area contributed by atoms with Crippen LogP contribution in [0.15, 0.2) is 18.2 Å². The first kappa shape index (κ1) is 15.8. The number of rotatable bonds is 7. The number of hydrogen-bond donors (Lipinski definition) is 2. The van der Waals surface area contributed by atoms with Crippen LogP contribution in [0.25, 0.3) is 0 Å². The molecule has 1 unspecified atom stereocenters. The minimum Gasteiger partial charge on any atom is -0.496 e. The Balaban J connectivity index is 2.77. The molecule has 1 aromatic carbocycles. The summed E-state index contributed by atoms with van der Waals surface area (Å²) in [6, 6.07) is 6.17. The Morgan fingerprint density at radius 2 is 1.89 bits per heavy atom. The topological polar surface area (TPSA) is 41.5 Å². The molecule has 0 aromatic heterocycles. The van der Waals surface area contributed by atoms with Crippen LogP contribution in [0.1, 0.15) is 39.2 Å². The van der Waals surface area contributed by atoms with Gasteiger partial charge in [0.2, 0.25) is 0 Å². The number of methoxy groups -OCH3 is 1. The average molecular weight is 265 g/mol. The highest BCUT2D eigenvalue weighted by Crippen LogP contribution is 2.29. The van der Waals surface area contributed by atoms with Gasteiger partial charge in [0.1, 0.15) is 5.75 Å². The van der Waals surface area contributed by atoms with Gasteiger partial charge in [0, 0.05) is 24.8 Å². The van der Waals surface area contributed by atoms with Gasteiger partial charge in [0.25, 0.3) is 0 Å². The van der Waals surface area contributed by atoms with Gasteiger partial charge >= 0.3 is 0 Å². The van der Waals surface area contributed by atoms with Gasteiger partial charge in [-0.15, -0.1) is 0 Å². The summed E-state index contributed by atoms with van der Waals surface area (Å²) in [5.41, 5.74) is 2.29. The molecule has 2 N–H and O–H groups in total. The van der Waals surface area contributed by atoms with Crippen LogP contribution < -0.4 is 10.1 Å². The Hall–Kier alpha value is -1.22. The first-order valence-corrected chi connectivity index (χ1v) is 7.02. The molecule has 3 nitrogen and oxygen atoms in total. The van der Waals surface area contributed by atoms with E-state index in [0.717, 1.165) is 18.0 Å². The maximum absolute atomic E-state index is 9.34. The molecule has 3 heteroatoms. The molecule has 0 fully saturated rings. The summed E-state index contributed by atoms with van der Waals surface area (Å²) in [5, 5.41) is 12.7. The molecule has 19 heavy (non-hydrogen) atoms. The Morgan fingerprint density at radius 3 is 2.37 bits per heavy atom. The van der Waals surface area contributed by atoms with Crippen LogP contribution in [0.4, 0.5) is 5.69 Å². The molecule has 0 bridgehead atoms. The highest BCUT2D eigenvalue weighted by Gasteiger charge is 2.13. The highest BCUT2D eigenvalue weighted by molar-refractivity contribution is 5.52. The number of aliphatic hydroxyl groups is 1. The van der Waals surface area contributed by atoms with Gasteiger partial charge in [-0.1, -0.05) is 27.7 Å². The third kappa shape index (κ3) is 4.43. The van der Waals surface area contributed by atoms with E-state index in [0.29, 0.717) is 11.8 Å². The molecule has 0 heterocycles. The number of benzene rings is 1. The minimum absolute atomic E-state index is 0.220. The lowest BCUT2D eigenvalue weighted by Gasteiger charge is -2.20.